The molecular weight excluding hydrogens is 282 g/mol. The molecule has 0 fully saturated rings. The molecule has 0 saturated heterocycles. The Bertz CT molecular complexity index is 537. The van der Waals surface area contributed by atoms with Crippen LogP contribution in [0.2, 0.25) is 0 Å². The molecular formula is C17H23NO4. The van der Waals surface area contributed by atoms with Gasteiger partial charge >= 0.3 is 5.97 Å². The van der Waals surface area contributed by atoms with Gasteiger partial charge in [0.2, 0.25) is 5.91 Å². The number of allylic oxidation sites excluding steroid dienone is 1. The summed E-state index contributed by atoms with van der Waals surface area (Å²) in [5.41, 5.74) is 1.60. The number of hydrogen-bond acceptors (Lipinski definition) is 4. The van der Waals surface area contributed by atoms with Gasteiger partial charge in [-0.15, -0.1) is 0 Å². The molecule has 0 spiro atoms. The third-order valence-electron chi connectivity index (χ3n) is 3.05. The van der Waals surface area contributed by atoms with Gasteiger partial charge in [-0.3, -0.25) is 9.59 Å². The highest BCUT2D eigenvalue weighted by molar-refractivity contribution is 5.96. The standard InChI is InChI=1S/C17H23NO4/c1-4-5-10-22-17(20)12-18-16(19)11-13(2)14-8-6-7-9-15(14)21-3/h6-9,11H,4-5,10,12H2,1-3H3,(H,18,19). The lowest BCUT2D eigenvalue weighted by molar-refractivity contribution is -0.143. The van der Waals surface area contributed by atoms with Crippen LogP contribution >= 0.6 is 0 Å². The normalized spacial score (nSPS) is 11.0. The summed E-state index contributed by atoms with van der Waals surface area (Å²) in [5, 5.41) is 2.52. The molecule has 5 nitrogen and oxygen atoms in total. The van der Waals surface area contributed by atoms with E-state index in [1.54, 1.807) is 7.11 Å². The van der Waals surface area contributed by atoms with E-state index in [1.807, 2.05) is 38.1 Å². The number of carbonyl (C=O) groups excluding carboxylic acids is 2. The van der Waals surface area contributed by atoms with Crippen molar-refractivity contribution in [3.63, 3.8) is 0 Å². The van der Waals surface area contributed by atoms with Crippen LogP contribution in [0.3, 0.4) is 0 Å². The molecule has 0 aliphatic carbocycles. The summed E-state index contributed by atoms with van der Waals surface area (Å²) < 4.78 is 10.2. The second kappa shape index (κ2) is 9.60. The molecule has 120 valence electrons. The Morgan fingerprint density at radius 1 is 1.27 bits per heavy atom. The summed E-state index contributed by atoms with van der Waals surface area (Å²) in [7, 11) is 1.58. The summed E-state index contributed by atoms with van der Waals surface area (Å²) in [4.78, 5) is 23.2. The van der Waals surface area contributed by atoms with Crippen LogP contribution in [0.15, 0.2) is 30.3 Å². The van der Waals surface area contributed by atoms with Crippen molar-refractivity contribution in [1.82, 2.24) is 5.32 Å². The van der Waals surface area contributed by atoms with Crippen LogP contribution in [-0.2, 0) is 14.3 Å². The minimum atomic E-state index is -0.426. The minimum Gasteiger partial charge on any atom is -0.496 e. The third-order valence-corrected chi connectivity index (χ3v) is 3.05. The van der Waals surface area contributed by atoms with Crippen LogP contribution in [0.5, 0.6) is 5.75 Å². The maximum Gasteiger partial charge on any atom is 0.325 e. The molecule has 22 heavy (non-hydrogen) atoms. The highest BCUT2D eigenvalue weighted by Crippen LogP contribution is 2.24. The largest absolute Gasteiger partial charge is 0.496 e. The van der Waals surface area contributed by atoms with Crippen molar-refractivity contribution in [3.05, 3.63) is 35.9 Å². The number of benzene rings is 1. The number of ether oxygens (including phenoxy) is 2. The van der Waals surface area contributed by atoms with Gasteiger partial charge in [-0.1, -0.05) is 31.5 Å². The maximum absolute atomic E-state index is 11.8. The van der Waals surface area contributed by atoms with E-state index in [2.05, 4.69) is 5.32 Å². The number of para-hydroxylation sites is 1. The van der Waals surface area contributed by atoms with Crippen molar-refractivity contribution < 1.29 is 19.1 Å². The highest BCUT2D eigenvalue weighted by Gasteiger charge is 2.08. The van der Waals surface area contributed by atoms with E-state index in [0.29, 0.717) is 12.4 Å². The zero-order valence-corrected chi connectivity index (χ0v) is 13.3. The number of rotatable bonds is 8. The Balaban J connectivity index is 2.54. The van der Waals surface area contributed by atoms with Crippen LogP contribution in [-0.4, -0.2) is 32.1 Å². The summed E-state index contributed by atoms with van der Waals surface area (Å²) in [6.07, 6.45) is 3.23. The number of unbranched alkanes of at least 4 members (excludes halogenated alkanes) is 1. The van der Waals surface area contributed by atoms with Crippen molar-refractivity contribution in [2.45, 2.75) is 26.7 Å². The average Bonchev–Trinajstić information content (AvgIpc) is 2.53. The molecule has 0 unspecified atom stereocenters. The van der Waals surface area contributed by atoms with E-state index in [9.17, 15) is 9.59 Å². The summed E-state index contributed by atoms with van der Waals surface area (Å²) >= 11 is 0. The number of nitrogens with one attached hydrogen (secondary N) is 1. The Kier molecular flexibility index (Phi) is 7.75. The summed E-state index contributed by atoms with van der Waals surface area (Å²) in [6.45, 7) is 4.09. The monoisotopic (exact) mass is 305 g/mol. The van der Waals surface area contributed by atoms with Gasteiger partial charge < -0.3 is 14.8 Å². The van der Waals surface area contributed by atoms with Gasteiger partial charge in [-0.25, -0.2) is 0 Å². The van der Waals surface area contributed by atoms with E-state index in [-0.39, 0.29) is 12.5 Å². The highest BCUT2D eigenvalue weighted by atomic mass is 16.5. The molecule has 0 radical (unpaired) electrons. The van der Waals surface area contributed by atoms with Crippen molar-refractivity contribution in [2.75, 3.05) is 20.3 Å². The van der Waals surface area contributed by atoms with Gasteiger partial charge in [-0.2, -0.15) is 0 Å². The maximum atomic E-state index is 11.8. The lowest BCUT2D eigenvalue weighted by Gasteiger charge is -2.08. The topological polar surface area (TPSA) is 64.6 Å². The predicted octanol–water partition coefficient (Wildman–Crippen LogP) is 2.56. The van der Waals surface area contributed by atoms with Crippen molar-refractivity contribution in [3.8, 4) is 5.75 Å². The molecule has 1 N–H and O–H groups in total. The van der Waals surface area contributed by atoms with E-state index >= 15 is 0 Å². The molecule has 0 aliphatic rings. The Hall–Kier alpha value is -2.30. The molecule has 5 heteroatoms. The number of esters is 1. The number of amides is 1. The van der Waals surface area contributed by atoms with Crippen molar-refractivity contribution >= 4 is 17.4 Å². The first-order valence-corrected chi connectivity index (χ1v) is 7.33. The molecule has 0 saturated carbocycles. The van der Waals surface area contributed by atoms with Gasteiger partial charge in [0.1, 0.15) is 12.3 Å². The van der Waals surface area contributed by atoms with Gasteiger partial charge in [-0.05, 0) is 25.0 Å². The molecule has 0 aliphatic heterocycles. The average molecular weight is 305 g/mol. The van der Waals surface area contributed by atoms with Crippen LogP contribution < -0.4 is 10.1 Å². The lowest BCUT2D eigenvalue weighted by atomic mass is 10.1. The first kappa shape index (κ1) is 17.8. The van der Waals surface area contributed by atoms with Crippen LogP contribution in [0.4, 0.5) is 0 Å². The fourth-order valence-corrected chi connectivity index (χ4v) is 1.84. The third kappa shape index (κ3) is 5.99. The molecule has 0 bridgehead atoms. The first-order valence-electron chi connectivity index (χ1n) is 7.33. The molecule has 1 aromatic carbocycles. The summed E-state index contributed by atoms with van der Waals surface area (Å²) in [6, 6.07) is 7.44. The van der Waals surface area contributed by atoms with Crippen molar-refractivity contribution in [2.24, 2.45) is 0 Å². The van der Waals surface area contributed by atoms with Gasteiger partial charge in [0, 0.05) is 11.6 Å². The van der Waals surface area contributed by atoms with Crippen LogP contribution in [0.25, 0.3) is 5.57 Å². The number of carbonyl (C=O) groups is 2. The number of hydrogen-bond donors (Lipinski definition) is 1. The molecule has 1 aromatic rings. The Morgan fingerprint density at radius 3 is 2.68 bits per heavy atom. The van der Waals surface area contributed by atoms with E-state index in [4.69, 9.17) is 9.47 Å². The quantitative estimate of drug-likeness (QED) is 0.455. The molecule has 0 heterocycles. The summed E-state index contributed by atoms with van der Waals surface area (Å²) in [5.74, 6) is -0.0657. The SMILES string of the molecule is CCCCOC(=O)CNC(=O)C=C(C)c1ccccc1OC. The van der Waals surface area contributed by atoms with Crippen molar-refractivity contribution in [1.29, 1.82) is 0 Å². The lowest BCUT2D eigenvalue weighted by Crippen LogP contribution is -2.29. The van der Waals surface area contributed by atoms with E-state index in [0.717, 1.165) is 24.0 Å². The van der Waals surface area contributed by atoms with Gasteiger partial charge in [0.25, 0.3) is 0 Å². The molecule has 1 rings (SSSR count). The minimum absolute atomic E-state index is 0.127. The zero-order chi connectivity index (χ0) is 16.4. The Morgan fingerprint density at radius 2 is 2.00 bits per heavy atom. The number of methoxy groups -OCH3 is 1. The fourth-order valence-electron chi connectivity index (χ4n) is 1.84. The Labute approximate surface area is 131 Å². The van der Waals surface area contributed by atoms with Crippen LogP contribution in [0, 0.1) is 0 Å². The first-order chi connectivity index (χ1) is 10.6. The predicted molar refractivity (Wildman–Crippen MR) is 85.5 cm³/mol. The van der Waals surface area contributed by atoms with E-state index < -0.39 is 5.97 Å². The smallest absolute Gasteiger partial charge is 0.325 e. The zero-order valence-electron chi connectivity index (χ0n) is 13.3. The van der Waals surface area contributed by atoms with Gasteiger partial charge in [0.05, 0.1) is 13.7 Å². The van der Waals surface area contributed by atoms with Crippen LogP contribution in [0.1, 0.15) is 32.3 Å². The second-order valence-corrected chi connectivity index (χ2v) is 4.82. The fraction of sp³-hybridized carbons (Fsp3) is 0.412. The molecule has 1 amide bonds. The van der Waals surface area contributed by atoms with E-state index in [1.165, 1.54) is 6.08 Å². The second-order valence-electron chi connectivity index (χ2n) is 4.82. The molecule has 0 aromatic heterocycles. The molecule has 0 atom stereocenters. The van der Waals surface area contributed by atoms with Gasteiger partial charge in [0.15, 0.2) is 0 Å².